The molecule has 1 atom stereocenters. The Bertz CT molecular complexity index is 1640. The van der Waals surface area contributed by atoms with Gasteiger partial charge in [-0.15, -0.1) is 0 Å². The predicted molar refractivity (Wildman–Crippen MR) is 147 cm³/mol. The van der Waals surface area contributed by atoms with Gasteiger partial charge in [0.15, 0.2) is 16.6 Å². The molecule has 3 heterocycles. The second kappa shape index (κ2) is 9.29. The summed E-state index contributed by atoms with van der Waals surface area (Å²) in [7, 11) is 0. The molecule has 8 heteroatoms. The van der Waals surface area contributed by atoms with Crippen LogP contribution in [0.25, 0.3) is 16.0 Å². The normalized spacial score (nSPS) is 18.4. The minimum atomic E-state index is -0.837. The first-order chi connectivity index (χ1) is 18.4. The second-order valence-electron chi connectivity index (χ2n) is 9.55. The zero-order valence-corrected chi connectivity index (χ0v) is 22.1. The van der Waals surface area contributed by atoms with Crippen molar-refractivity contribution in [2.75, 3.05) is 18.1 Å². The van der Waals surface area contributed by atoms with E-state index in [9.17, 15) is 14.7 Å². The van der Waals surface area contributed by atoms with Crippen LogP contribution in [0.15, 0.2) is 60.2 Å². The summed E-state index contributed by atoms with van der Waals surface area (Å²) in [4.78, 5) is 33.3. The number of rotatable bonds is 4. The van der Waals surface area contributed by atoms with E-state index in [0.29, 0.717) is 41.0 Å². The molecule has 3 aromatic carbocycles. The van der Waals surface area contributed by atoms with E-state index in [1.165, 1.54) is 16.2 Å². The minimum absolute atomic E-state index is 0.0167. The summed E-state index contributed by atoms with van der Waals surface area (Å²) in [5, 5.41) is 11.9. The van der Waals surface area contributed by atoms with E-state index in [1.54, 1.807) is 18.2 Å². The highest BCUT2D eigenvalue weighted by Crippen LogP contribution is 2.45. The van der Waals surface area contributed by atoms with Crippen LogP contribution in [-0.4, -0.2) is 35.0 Å². The fourth-order valence-electron chi connectivity index (χ4n) is 5.09. The summed E-state index contributed by atoms with van der Waals surface area (Å²) in [5.41, 5.74) is 5.12. The van der Waals surface area contributed by atoms with Crippen LogP contribution < -0.4 is 14.4 Å². The first-order valence-electron chi connectivity index (χ1n) is 12.5. The van der Waals surface area contributed by atoms with E-state index in [0.717, 1.165) is 33.3 Å². The quantitative estimate of drug-likeness (QED) is 0.203. The van der Waals surface area contributed by atoms with Crippen molar-refractivity contribution in [1.82, 2.24) is 4.98 Å². The number of Topliss-reactive ketones (excluding diaryl/α,β-unsaturated/α-hetero) is 1. The number of carbonyl (C=O) groups is 2. The number of fused-ring (bicyclic) bond motifs is 2. The molecule has 0 bridgehead atoms. The summed E-state index contributed by atoms with van der Waals surface area (Å²) in [6.07, 6.45) is 0.855. The van der Waals surface area contributed by atoms with Gasteiger partial charge in [0.1, 0.15) is 19.0 Å². The number of carbonyl (C=O) groups excluding carboxylic acids is 2. The summed E-state index contributed by atoms with van der Waals surface area (Å²) >= 11 is 1.36. The van der Waals surface area contributed by atoms with E-state index in [2.05, 4.69) is 6.92 Å². The second-order valence-corrected chi connectivity index (χ2v) is 10.6. The maximum absolute atomic E-state index is 13.6. The highest BCUT2D eigenvalue weighted by atomic mass is 32.1. The van der Waals surface area contributed by atoms with Crippen LogP contribution in [0.2, 0.25) is 0 Å². The van der Waals surface area contributed by atoms with E-state index in [1.807, 2.05) is 50.2 Å². The lowest BCUT2D eigenvalue weighted by Crippen LogP contribution is -2.29. The topological polar surface area (TPSA) is 89.0 Å². The number of nitrogens with zero attached hydrogens (tertiary/aromatic N) is 2. The van der Waals surface area contributed by atoms with Crippen molar-refractivity contribution in [2.24, 2.45) is 0 Å². The molecule has 0 spiro atoms. The molecule has 0 aliphatic carbocycles. The molecular formula is C30H26N2O5S. The molecule has 0 radical (unpaired) electrons. The standard InChI is InChI=1S/C30H26N2O5S/c1-4-18-5-7-19(8-6-18)26-24(27(33)20-9-10-21-22(15-20)37-12-11-36-21)28(34)29(35)32(26)30-31-25-17(3)13-16(2)14-23(25)38-30/h5-10,13-15,26,33H,4,11-12H2,1-3H3/b27-24+/t26-/m0/s1. The average molecular weight is 527 g/mol. The molecule has 2 aliphatic rings. The van der Waals surface area contributed by atoms with Crippen molar-refractivity contribution in [3.05, 3.63) is 88.0 Å². The lowest BCUT2D eigenvalue weighted by Gasteiger charge is -2.23. The fourth-order valence-corrected chi connectivity index (χ4v) is 6.26. The Morgan fingerprint density at radius 1 is 1.03 bits per heavy atom. The fraction of sp³-hybridized carbons (Fsp3) is 0.233. The zero-order chi connectivity index (χ0) is 26.6. The van der Waals surface area contributed by atoms with Gasteiger partial charge in [-0.25, -0.2) is 4.98 Å². The summed E-state index contributed by atoms with van der Waals surface area (Å²) < 4.78 is 12.2. The molecule has 2 aliphatic heterocycles. The van der Waals surface area contributed by atoms with Crippen molar-refractivity contribution >= 4 is 44.1 Å². The Hall–Kier alpha value is -4.17. The molecule has 0 saturated carbocycles. The van der Waals surface area contributed by atoms with Crippen LogP contribution >= 0.6 is 11.3 Å². The van der Waals surface area contributed by atoms with Gasteiger partial charge >= 0.3 is 5.91 Å². The van der Waals surface area contributed by atoms with E-state index in [-0.39, 0.29) is 11.3 Å². The number of aryl methyl sites for hydroxylation is 3. The van der Waals surface area contributed by atoms with Gasteiger partial charge in [-0.05, 0) is 66.8 Å². The molecule has 38 heavy (non-hydrogen) atoms. The van der Waals surface area contributed by atoms with E-state index in [4.69, 9.17) is 14.5 Å². The number of ether oxygens (including phenoxy) is 2. The molecule has 0 unspecified atom stereocenters. The molecule has 7 nitrogen and oxygen atoms in total. The van der Waals surface area contributed by atoms with Crippen LogP contribution in [0.4, 0.5) is 5.13 Å². The Kier molecular flexibility index (Phi) is 5.91. The van der Waals surface area contributed by atoms with Gasteiger partial charge in [-0.2, -0.15) is 0 Å². The number of amides is 1. The van der Waals surface area contributed by atoms with Crippen LogP contribution in [0, 0.1) is 13.8 Å². The van der Waals surface area contributed by atoms with Crippen LogP contribution in [0.3, 0.4) is 0 Å². The number of aliphatic hydroxyl groups excluding tert-OH is 1. The first-order valence-corrected chi connectivity index (χ1v) is 13.3. The van der Waals surface area contributed by atoms with Gasteiger partial charge in [-0.3, -0.25) is 14.5 Å². The number of aromatic nitrogens is 1. The Balaban J connectivity index is 1.54. The average Bonchev–Trinajstić information content (AvgIpc) is 3.46. The highest BCUT2D eigenvalue weighted by Gasteiger charge is 2.48. The Labute approximate surface area is 224 Å². The smallest absolute Gasteiger partial charge is 0.301 e. The molecular weight excluding hydrogens is 500 g/mol. The minimum Gasteiger partial charge on any atom is -0.507 e. The predicted octanol–water partition coefficient (Wildman–Crippen LogP) is 5.87. The van der Waals surface area contributed by atoms with Gasteiger partial charge in [0.2, 0.25) is 0 Å². The summed E-state index contributed by atoms with van der Waals surface area (Å²) in [6.45, 7) is 6.89. The zero-order valence-electron chi connectivity index (χ0n) is 21.3. The lowest BCUT2D eigenvalue weighted by atomic mass is 9.94. The van der Waals surface area contributed by atoms with Crippen LogP contribution in [0.1, 0.15) is 40.8 Å². The van der Waals surface area contributed by atoms with E-state index >= 15 is 0 Å². The van der Waals surface area contributed by atoms with Crippen LogP contribution in [0.5, 0.6) is 11.5 Å². The number of aliphatic hydroxyl groups is 1. The molecule has 1 aromatic heterocycles. The molecule has 1 saturated heterocycles. The number of anilines is 1. The number of benzene rings is 3. The highest BCUT2D eigenvalue weighted by molar-refractivity contribution is 7.22. The van der Waals surface area contributed by atoms with Gasteiger partial charge in [-0.1, -0.05) is 48.6 Å². The van der Waals surface area contributed by atoms with Gasteiger partial charge in [0.05, 0.1) is 21.8 Å². The third kappa shape index (κ3) is 3.92. The summed E-state index contributed by atoms with van der Waals surface area (Å²) in [6, 6.07) is 16.0. The molecule has 1 N–H and O–H groups in total. The molecule has 6 rings (SSSR count). The van der Waals surface area contributed by atoms with Gasteiger partial charge in [0, 0.05) is 5.56 Å². The lowest BCUT2D eigenvalue weighted by molar-refractivity contribution is -0.132. The number of hydrogen-bond acceptors (Lipinski definition) is 7. The number of hydrogen-bond donors (Lipinski definition) is 1. The van der Waals surface area contributed by atoms with Crippen molar-refractivity contribution in [2.45, 2.75) is 33.2 Å². The van der Waals surface area contributed by atoms with Gasteiger partial charge in [0.25, 0.3) is 5.78 Å². The third-order valence-corrected chi connectivity index (χ3v) is 7.99. The van der Waals surface area contributed by atoms with Crippen molar-refractivity contribution in [1.29, 1.82) is 0 Å². The van der Waals surface area contributed by atoms with Crippen molar-refractivity contribution in [3.8, 4) is 11.5 Å². The third-order valence-electron chi connectivity index (χ3n) is 6.99. The molecule has 4 aromatic rings. The monoisotopic (exact) mass is 526 g/mol. The first kappa shape index (κ1) is 24.2. The molecule has 1 amide bonds. The number of ketones is 1. The SMILES string of the molecule is CCc1ccc([C@H]2/C(=C(\O)c3ccc4c(c3)OCCO4)C(=O)C(=O)N2c2nc3c(C)cc(C)cc3s2)cc1. The summed E-state index contributed by atoms with van der Waals surface area (Å²) in [5.74, 6) is -0.688. The maximum Gasteiger partial charge on any atom is 0.301 e. The van der Waals surface area contributed by atoms with E-state index < -0.39 is 17.7 Å². The van der Waals surface area contributed by atoms with Crippen molar-refractivity contribution in [3.63, 3.8) is 0 Å². The number of thiazole rings is 1. The molecule has 192 valence electrons. The Morgan fingerprint density at radius 3 is 2.50 bits per heavy atom. The molecule has 1 fully saturated rings. The van der Waals surface area contributed by atoms with Crippen LogP contribution in [-0.2, 0) is 16.0 Å². The maximum atomic E-state index is 13.6. The Morgan fingerprint density at radius 2 is 1.76 bits per heavy atom. The largest absolute Gasteiger partial charge is 0.507 e. The van der Waals surface area contributed by atoms with Gasteiger partial charge < -0.3 is 14.6 Å². The van der Waals surface area contributed by atoms with Crippen molar-refractivity contribution < 1.29 is 24.2 Å².